The number of hydrogen-bond donors (Lipinski definition) is 2. The Balaban J connectivity index is 1.67. The Morgan fingerprint density at radius 3 is 2.78 bits per heavy atom. The van der Waals surface area contributed by atoms with Crippen LogP contribution in [-0.2, 0) is 0 Å². The van der Waals surface area contributed by atoms with Gasteiger partial charge in [-0.2, -0.15) is 5.10 Å². The van der Waals surface area contributed by atoms with Crippen molar-refractivity contribution in [2.24, 2.45) is 5.10 Å². The van der Waals surface area contributed by atoms with E-state index in [1.807, 2.05) is 50.2 Å². The maximum absolute atomic E-state index is 12.8. The Hall–Kier alpha value is -3.67. The minimum absolute atomic E-state index is 0.303. The van der Waals surface area contributed by atoms with Crippen LogP contribution < -0.4 is 5.43 Å². The van der Waals surface area contributed by atoms with Crippen molar-refractivity contribution in [2.75, 3.05) is 0 Å². The van der Waals surface area contributed by atoms with Crippen molar-refractivity contribution < 1.29 is 9.21 Å². The fourth-order valence-corrected chi connectivity index (χ4v) is 3.01. The molecular formula is C21H18N4O2. The van der Waals surface area contributed by atoms with E-state index in [1.165, 1.54) is 0 Å². The fraction of sp³-hybridized carbons (Fsp3) is 0.0952. The van der Waals surface area contributed by atoms with Gasteiger partial charge in [-0.15, -0.1) is 0 Å². The normalized spacial score (nSPS) is 11.3. The van der Waals surface area contributed by atoms with Gasteiger partial charge in [0, 0.05) is 22.3 Å². The summed E-state index contributed by atoms with van der Waals surface area (Å²) in [5, 5.41) is 4.86. The number of furan rings is 1. The van der Waals surface area contributed by atoms with Gasteiger partial charge in [0.2, 0.25) is 0 Å². The van der Waals surface area contributed by atoms with Crippen LogP contribution in [0.25, 0.3) is 22.4 Å². The largest absolute Gasteiger partial charge is 0.463 e. The lowest BCUT2D eigenvalue weighted by molar-refractivity contribution is 0.0956. The van der Waals surface area contributed by atoms with Gasteiger partial charge < -0.3 is 9.40 Å². The third kappa shape index (κ3) is 3.37. The van der Waals surface area contributed by atoms with Gasteiger partial charge in [0.05, 0.1) is 23.6 Å². The molecule has 4 aromatic rings. The quantitative estimate of drug-likeness (QED) is 0.423. The Morgan fingerprint density at radius 2 is 2.04 bits per heavy atom. The molecule has 1 amide bonds. The first-order chi connectivity index (χ1) is 13.1. The van der Waals surface area contributed by atoms with Crippen molar-refractivity contribution in [1.29, 1.82) is 0 Å². The average molecular weight is 358 g/mol. The summed E-state index contributed by atoms with van der Waals surface area (Å²) < 4.78 is 5.43. The van der Waals surface area contributed by atoms with E-state index in [-0.39, 0.29) is 5.91 Å². The lowest BCUT2D eigenvalue weighted by atomic mass is 10.1. The number of carbonyl (C=O) groups excluding carboxylic acids is 1. The monoisotopic (exact) mass is 358 g/mol. The Bertz CT molecular complexity index is 1140. The number of pyridine rings is 1. The zero-order valence-electron chi connectivity index (χ0n) is 15.0. The van der Waals surface area contributed by atoms with Gasteiger partial charge in [0.25, 0.3) is 5.91 Å². The number of hydrazone groups is 1. The molecular weight excluding hydrogens is 340 g/mol. The van der Waals surface area contributed by atoms with E-state index in [0.29, 0.717) is 17.0 Å². The van der Waals surface area contributed by atoms with Crippen LogP contribution in [0.4, 0.5) is 0 Å². The summed E-state index contributed by atoms with van der Waals surface area (Å²) in [6, 6.07) is 14.8. The molecule has 134 valence electrons. The van der Waals surface area contributed by atoms with Crippen LogP contribution in [0.2, 0.25) is 0 Å². The van der Waals surface area contributed by atoms with Crippen LogP contribution in [0.15, 0.2) is 64.3 Å². The average Bonchev–Trinajstić information content (AvgIpc) is 3.30. The van der Waals surface area contributed by atoms with Gasteiger partial charge in [-0.3, -0.25) is 4.79 Å². The number of rotatable bonds is 4. The molecule has 0 aliphatic rings. The molecule has 27 heavy (non-hydrogen) atoms. The van der Waals surface area contributed by atoms with Crippen molar-refractivity contribution in [3.05, 3.63) is 77.3 Å². The van der Waals surface area contributed by atoms with E-state index < -0.39 is 0 Å². The molecule has 0 unspecified atom stereocenters. The second kappa shape index (κ2) is 6.92. The summed E-state index contributed by atoms with van der Waals surface area (Å²) in [6.45, 7) is 3.93. The molecule has 6 nitrogen and oxygen atoms in total. The van der Waals surface area contributed by atoms with Crippen LogP contribution in [0.3, 0.4) is 0 Å². The van der Waals surface area contributed by atoms with E-state index in [1.54, 1.807) is 24.6 Å². The minimum atomic E-state index is -0.303. The highest BCUT2D eigenvalue weighted by Gasteiger charge is 2.14. The lowest BCUT2D eigenvalue weighted by Gasteiger charge is -2.07. The maximum atomic E-state index is 12.8. The van der Waals surface area contributed by atoms with Gasteiger partial charge in [-0.25, -0.2) is 10.4 Å². The van der Waals surface area contributed by atoms with Gasteiger partial charge in [-0.1, -0.05) is 18.2 Å². The highest BCUT2D eigenvalue weighted by atomic mass is 16.3. The lowest BCUT2D eigenvalue weighted by Crippen LogP contribution is -2.18. The number of carbonyl (C=O) groups is 1. The number of aryl methyl sites for hydroxylation is 2. The summed E-state index contributed by atoms with van der Waals surface area (Å²) >= 11 is 0. The van der Waals surface area contributed by atoms with Crippen LogP contribution in [0, 0.1) is 13.8 Å². The van der Waals surface area contributed by atoms with E-state index in [4.69, 9.17) is 4.42 Å². The molecule has 4 rings (SSSR count). The van der Waals surface area contributed by atoms with Gasteiger partial charge >= 0.3 is 0 Å². The van der Waals surface area contributed by atoms with Crippen LogP contribution in [-0.4, -0.2) is 22.1 Å². The Labute approximate surface area is 155 Å². The Morgan fingerprint density at radius 1 is 1.19 bits per heavy atom. The summed E-state index contributed by atoms with van der Waals surface area (Å²) in [7, 11) is 0. The number of H-pyrrole nitrogens is 1. The van der Waals surface area contributed by atoms with E-state index in [0.717, 1.165) is 27.9 Å². The van der Waals surface area contributed by atoms with Crippen molar-refractivity contribution in [2.45, 2.75) is 13.8 Å². The molecule has 0 spiro atoms. The zero-order chi connectivity index (χ0) is 18.8. The second-order valence-electron chi connectivity index (χ2n) is 6.28. The molecule has 0 saturated carbocycles. The number of nitrogens with one attached hydrogen (secondary N) is 2. The van der Waals surface area contributed by atoms with Crippen molar-refractivity contribution in [1.82, 2.24) is 15.4 Å². The maximum Gasteiger partial charge on any atom is 0.272 e. The fourth-order valence-electron chi connectivity index (χ4n) is 3.01. The molecule has 0 atom stereocenters. The Kier molecular flexibility index (Phi) is 4.30. The predicted molar refractivity (Wildman–Crippen MR) is 105 cm³/mol. The first kappa shape index (κ1) is 16.8. The molecule has 0 fully saturated rings. The topological polar surface area (TPSA) is 83.3 Å². The molecule has 0 aliphatic heterocycles. The van der Waals surface area contributed by atoms with Gasteiger partial charge in [0.15, 0.2) is 5.76 Å². The molecule has 1 aromatic carbocycles. The molecule has 0 saturated heterocycles. The number of aromatic amines is 1. The molecule has 0 radical (unpaired) electrons. The van der Waals surface area contributed by atoms with Crippen molar-refractivity contribution in [3.63, 3.8) is 0 Å². The second-order valence-corrected chi connectivity index (χ2v) is 6.28. The molecule has 2 N–H and O–H groups in total. The molecule has 6 heteroatoms. The summed E-state index contributed by atoms with van der Waals surface area (Å²) in [6.07, 6.45) is 3.21. The minimum Gasteiger partial charge on any atom is -0.463 e. The number of benzene rings is 1. The molecule has 0 bridgehead atoms. The third-order valence-electron chi connectivity index (χ3n) is 4.29. The van der Waals surface area contributed by atoms with E-state index in [2.05, 4.69) is 20.5 Å². The number of fused-ring (bicyclic) bond motifs is 1. The number of hydrogen-bond acceptors (Lipinski definition) is 4. The van der Waals surface area contributed by atoms with Gasteiger partial charge in [0.1, 0.15) is 5.69 Å². The predicted octanol–water partition coefficient (Wildman–Crippen LogP) is 4.20. The first-order valence-electron chi connectivity index (χ1n) is 8.55. The summed E-state index contributed by atoms with van der Waals surface area (Å²) in [5.74, 6) is 0.305. The van der Waals surface area contributed by atoms with Crippen molar-refractivity contribution in [3.8, 4) is 11.5 Å². The van der Waals surface area contributed by atoms with Gasteiger partial charge in [-0.05, 0) is 44.2 Å². The van der Waals surface area contributed by atoms with Crippen LogP contribution >= 0.6 is 0 Å². The van der Waals surface area contributed by atoms with E-state index >= 15 is 0 Å². The molecule has 3 heterocycles. The van der Waals surface area contributed by atoms with Crippen LogP contribution in [0.5, 0.6) is 0 Å². The highest BCUT2D eigenvalue weighted by molar-refractivity contribution is 6.07. The summed E-state index contributed by atoms with van der Waals surface area (Å²) in [5.41, 5.74) is 7.40. The van der Waals surface area contributed by atoms with E-state index in [9.17, 15) is 4.79 Å². The number of para-hydroxylation sites is 1. The molecule has 0 aliphatic carbocycles. The smallest absolute Gasteiger partial charge is 0.272 e. The SMILES string of the molecule is Cc1cc(/C=N/NC(=O)c2cc(-c3ccco3)nc3ccccc23)c(C)[nH]1. The molecule has 3 aromatic heterocycles. The first-order valence-corrected chi connectivity index (χ1v) is 8.55. The summed E-state index contributed by atoms with van der Waals surface area (Å²) in [4.78, 5) is 20.6. The standard InChI is InChI=1S/C21H18N4O2/c1-13-10-15(14(2)23-13)12-22-25-21(26)17-11-19(20-8-5-9-27-20)24-18-7-4-3-6-16(17)18/h3-12,23H,1-2H3,(H,25,26)/b22-12+. The number of nitrogens with zero attached hydrogens (tertiary/aromatic N) is 2. The third-order valence-corrected chi connectivity index (χ3v) is 4.29. The van der Waals surface area contributed by atoms with Crippen LogP contribution in [0.1, 0.15) is 27.3 Å². The highest BCUT2D eigenvalue weighted by Crippen LogP contribution is 2.25. The van der Waals surface area contributed by atoms with Crippen molar-refractivity contribution >= 4 is 23.0 Å². The number of amides is 1. The zero-order valence-corrected chi connectivity index (χ0v) is 15.0. The number of aromatic nitrogens is 2.